The minimum absolute atomic E-state index is 0.0937. The second kappa shape index (κ2) is 6.99. The Hall–Kier alpha value is -2.16. The van der Waals surface area contributed by atoms with Gasteiger partial charge in [-0.3, -0.25) is 19.8 Å². The molecule has 1 aromatic carbocycles. The molecule has 1 aliphatic rings. The lowest BCUT2D eigenvalue weighted by atomic mass is 10.1. The van der Waals surface area contributed by atoms with Crippen LogP contribution in [0.2, 0.25) is 5.02 Å². The summed E-state index contributed by atoms with van der Waals surface area (Å²) in [5.74, 6) is 0.780. The lowest BCUT2D eigenvalue weighted by Crippen LogP contribution is -2.27. The molecule has 9 heteroatoms. The Bertz CT molecular complexity index is 923. The molecule has 2 heterocycles. The summed E-state index contributed by atoms with van der Waals surface area (Å²) in [6.07, 6.45) is 1.62. The van der Waals surface area contributed by atoms with Gasteiger partial charge in [-0.1, -0.05) is 35.6 Å². The fourth-order valence-corrected chi connectivity index (χ4v) is 3.93. The molecule has 1 aromatic heterocycles. The molecular weight excluding hydrogens is 384 g/mol. The molecule has 1 saturated heterocycles. The molecule has 1 aliphatic heterocycles. The number of likely N-dealkylation sites (N-methyl/N-ethyl adjacent to an activating group) is 1. The van der Waals surface area contributed by atoms with Crippen molar-refractivity contribution < 1.29 is 14.1 Å². The average molecular weight is 395 g/mol. The number of carbonyl (C=O) groups is 1. The topological polar surface area (TPSA) is 76.6 Å². The van der Waals surface area contributed by atoms with E-state index in [0.717, 1.165) is 0 Å². The predicted molar refractivity (Wildman–Crippen MR) is 101 cm³/mol. The third-order valence-corrected chi connectivity index (χ3v) is 5.21. The normalized spacial score (nSPS) is 16.1. The molecule has 0 unspecified atom stereocenters. The maximum atomic E-state index is 12.2. The molecule has 128 valence electrons. The monoisotopic (exact) mass is 394 g/mol. The first-order valence-electron chi connectivity index (χ1n) is 7.20. The summed E-state index contributed by atoms with van der Waals surface area (Å²) in [7, 11) is 0. The van der Waals surface area contributed by atoms with Gasteiger partial charge >= 0.3 is 0 Å². The highest BCUT2D eigenvalue weighted by Gasteiger charge is 2.30. The Balaban J connectivity index is 1.89. The smallest absolute Gasteiger partial charge is 0.270 e. The van der Waals surface area contributed by atoms with Crippen molar-refractivity contribution in [1.29, 1.82) is 0 Å². The van der Waals surface area contributed by atoms with Crippen molar-refractivity contribution >= 4 is 57.6 Å². The third kappa shape index (κ3) is 3.46. The molecule has 3 rings (SSSR count). The number of thiocarbonyl (C=S) groups is 1. The zero-order valence-electron chi connectivity index (χ0n) is 12.9. The minimum atomic E-state index is -0.515. The fraction of sp³-hybridized carbons (Fsp3) is 0.125. The van der Waals surface area contributed by atoms with E-state index in [2.05, 4.69) is 0 Å². The summed E-state index contributed by atoms with van der Waals surface area (Å²) >= 11 is 12.5. The zero-order valence-corrected chi connectivity index (χ0v) is 15.3. The van der Waals surface area contributed by atoms with Gasteiger partial charge in [-0.25, -0.2) is 0 Å². The zero-order chi connectivity index (χ0) is 18.1. The van der Waals surface area contributed by atoms with Gasteiger partial charge in [0.15, 0.2) is 0 Å². The van der Waals surface area contributed by atoms with Gasteiger partial charge in [0.1, 0.15) is 15.8 Å². The Labute approximate surface area is 157 Å². The van der Waals surface area contributed by atoms with Gasteiger partial charge in [-0.05, 0) is 25.1 Å². The highest BCUT2D eigenvalue weighted by Crippen LogP contribution is 2.35. The number of furan rings is 1. The van der Waals surface area contributed by atoms with Crippen LogP contribution >= 0.6 is 35.6 Å². The van der Waals surface area contributed by atoms with Crippen molar-refractivity contribution in [3.05, 3.63) is 56.1 Å². The number of non-ortho nitro benzene ring substituents is 1. The van der Waals surface area contributed by atoms with E-state index in [0.29, 0.717) is 32.9 Å². The number of hydrogen-bond acceptors (Lipinski definition) is 6. The summed E-state index contributed by atoms with van der Waals surface area (Å²) < 4.78 is 6.22. The number of nitro groups is 1. The van der Waals surface area contributed by atoms with Crippen LogP contribution in [-0.2, 0) is 4.79 Å². The van der Waals surface area contributed by atoms with E-state index >= 15 is 0 Å². The van der Waals surface area contributed by atoms with Crippen molar-refractivity contribution in [3.63, 3.8) is 0 Å². The van der Waals surface area contributed by atoms with Crippen LogP contribution in [0.1, 0.15) is 12.7 Å². The summed E-state index contributed by atoms with van der Waals surface area (Å²) in [4.78, 5) is 24.5. The number of hydrogen-bond donors (Lipinski definition) is 0. The van der Waals surface area contributed by atoms with E-state index in [9.17, 15) is 14.9 Å². The third-order valence-electron chi connectivity index (χ3n) is 3.52. The number of nitrogens with zero attached hydrogens (tertiary/aromatic N) is 2. The molecule has 0 N–H and O–H groups in total. The quantitative estimate of drug-likeness (QED) is 0.323. The molecule has 1 fully saturated rings. The first-order valence-corrected chi connectivity index (χ1v) is 8.80. The number of thioether (sulfide) groups is 1. The largest absolute Gasteiger partial charge is 0.457 e. The lowest BCUT2D eigenvalue weighted by Gasteiger charge is -2.09. The first kappa shape index (κ1) is 17.7. The van der Waals surface area contributed by atoms with E-state index in [-0.39, 0.29) is 16.6 Å². The van der Waals surface area contributed by atoms with Crippen molar-refractivity contribution in [2.24, 2.45) is 0 Å². The van der Waals surface area contributed by atoms with Crippen LogP contribution in [0.5, 0.6) is 0 Å². The van der Waals surface area contributed by atoms with Crippen LogP contribution in [0.15, 0.2) is 39.7 Å². The minimum Gasteiger partial charge on any atom is -0.457 e. The summed E-state index contributed by atoms with van der Waals surface area (Å²) in [5, 5.41) is 11.0. The van der Waals surface area contributed by atoms with Gasteiger partial charge < -0.3 is 4.42 Å². The maximum Gasteiger partial charge on any atom is 0.270 e. The standard InChI is InChI=1S/C16H11ClN2O4S2/c1-2-18-15(20)14(25-16(18)24)8-10-4-6-13(23-10)11-5-3-9(19(21)22)7-12(11)17/h3-8H,2H2,1H3/b14-8-. The number of amides is 1. The van der Waals surface area contributed by atoms with E-state index < -0.39 is 4.92 Å². The summed E-state index contributed by atoms with van der Waals surface area (Å²) in [6, 6.07) is 7.55. The molecule has 0 radical (unpaired) electrons. The van der Waals surface area contributed by atoms with Crippen molar-refractivity contribution in [2.75, 3.05) is 6.54 Å². The Morgan fingerprint density at radius 3 is 2.76 bits per heavy atom. The molecule has 0 saturated carbocycles. The number of rotatable bonds is 4. The predicted octanol–water partition coefficient (Wildman–Crippen LogP) is 4.73. The molecule has 6 nitrogen and oxygen atoms in total. The fourth-order valence-electron chi connectivity index (χ4n) is 2.29. The highest BCUT2D eigenvalue weighted by molar-refractivity contribution is 8.26. The van der Waals surface area contributed by atoms with Crippen LogP contribution in [0.4, 0.5) is 5.69 Å². The molecular formula is C16H11ClN2O4S2. The SMILES string of the molecule is CCN1C(=O)/C(=C/c2ccc(-c3ccc([N+](=O)[O-])cc3Cl)o2)SC1=S. The second-order valence-electron chi connectivity index (χ2n) is 5.05. The van der Waals surface area contributed by atoms with Gasteiger partial charge in [-0.2, -0.15) is 0 Å². The first-order chi connectivity index (χ1) is 11.9. The molecule has 2 aromatic rings. The van der Waals surface area contributed by atoms with Gasteiger partial charge in [0, 0.05) is 30.3 Å². The number of nitro benzene ring substituents is 1. The Morgan fingerprint density at radius 1 is 1.40 bits per heavy atom. The van der Waals surface area contributed by atoms with Crippen LogP contribution in [-0.4, -0.2) is 26.6 Å². The van der Waals surface area contributed by atoms with Gasteiger partial charge in [-0.15, -0.1) is 0 Å². The number of halogens is 1. The second-order valence-corrected chi connectivity index (χ2v) is 7.13. The maximum absolute atomic E-state index is 12.2. The van der Waals surface area contributed by atoms with Crippen molar-refractivity contribution in [2.45, 2.75) is 6.92 Å². The van der Waals surface area contributed by atoms with Crippen LogP contribution < -0.4 is 0 Å². The van der Waals surface area contributed by atoms with Gasteiger partial charge in [0.05, 0.1) is 14.9 Å². The Morgan fingerprint density at radius 2 is 2.16 bits per heavy atom. The van der Waals surface area contributed by atoms with Crippen LogP contribution in [0.3, 0.4) is 0 Å². The van der Waals surface area contributed by atoms with E-state index in [1.165, 1.54) is 34.9 Å². The van der Waals surface area contributed by atoms with Gasteiger partial charge in [0.25, 0.3) is 11.6 Å². The van der Waals surface area contributed by atoms with Crippen LogP contribution in [0.25, 0.3) is 17.4 Å². The molecule has 0 atom stereocenters. The molecule has 0 spiro atoms. The molecule has 25 heavy (non-hydrogen) atoms. The van der Waals surface area contributed by atoms with E-state index in [1.807, 2.05) is 6.92 Å². The highest BCUT2D eigenvalue weighted by atomic mass is 35.5. The average Bonchev–Trinajstić information content (AvgIpc) is 3.12. The van der Waals surface area contributed by atoms with Crippen LogP contribution in [0, 0.1) is 10.1 Å². The summed E-state index contributed by atoms with van der Waals surface area (Å²) in [5.41, 5.74) is 0.441. The van der Waals surface area contributed by atoms with Crippen molar-refractivity contribution in [3.8, 4) is 11.3 Å². The van der Waals surface area contributed by atoms with Gasteiger partial charge in [0.2, 0.25) is 0 Å². The lowest BCUT2D eigenvalue weighted by molar-refractivity contribution is -0.384. The number of carbonyl (C=O) groups excluding carboxylic acids is 1. The Kier molecular flexibility index (Phi) is 4.94. The molecule has 0 bridgehead atoms. The number of benzene rings is 1. The van der Waals surface area contributed by atoms with E-state index in [4.69, 9.17) is 28.2 Å². The summed E-state index contributed by atoms with van der Waals surface area (Å²) in [6.45, 7) is 2.37. The molecule has 1 amide bonds. The molecule has 0 aliphatic carbocycles. The van der Waals surface area contributed by atoms with Crippen molar-refractivity contribution in [1.82, 2.24) is 4.90 Å². The van der Waals surface area contributed by atoms with E-state index in [1.54, 1.807) is 18.2 Å².